The molecular formula is C18H27N3. The summed E-state index contributed by atoms with van der Waals surface area (Å²) in [5.41, 5.74) is 4.72. The Morgan fingerprint density at radius 2 is 1.71 bits per heavy atom. The highest BCUT2D eigenvalue weighted by Gasteiger charge is 2.09. The van der Waals surface area contributed by atoms with Gasteiger partial charge in [-0.2, -0.15) is 0 Å². The van der Waals surface area contributed by atoms with Crippen LogP contribution in [0, 0.1) is 0 Å². The van der Waals surface area contributed by atoms with E-state index in [1.807, 2.05) is 16.8 Å². The number of unbranched alkanes of at least 4 members (excludes halogenated alkanes) is 5. The van der Waals surface area contributed by atoms with Gasteiger partial charge in [-0.05, 0) is 38.8 Å². The third-order valence-electron chi connectivity index (χ3n) is 3.95. The molecule has 0 saturated heterocycles. The molecule has 3 heteroatoms. The van der Waals surface area contributed by atoms with Crippen LogP contribution in [0.15, 0.2) is 29.8 Å². The second-order valence-corrected chi connectivity index (χ2v) is 5.95. The Hall–Kier alpha value is -1.64. The third kappa shape index (κ3) is 4.16. The molecule has 0 unspecified atom stereocenters. The Labute approximate surface area is 128 Å². The van der Waals surface area contributed by atoms with E-state index in [1.54, 1.807) is 0 Å². The maximum Gasteiger partial charge on any atom is 0.113 e. The average Bonchev–Trinajstić information content (AvgIpc) is 2.90. The largest absolute Gasteiger partial charge is 0.217 e. The van der Waals surface area contributed by atoms with Gasteiger partial charge in [0.05, 0.1) is 5.52 Å². The molecule has 2 rings (SSSR count). The Kier molecular flexibility index (Phi) is 5.97. The van der Waals surface area contributed by atoms with Crippen molar-refractivity contribution in [3.8, 4) is 0 Å². The molecule has 21 heavy (non-hydrogen) atoms. The first-order chi connectivity index (χ1) is 10.2. The van der Waals surface area contributed by atoms with Crippen LogP contribution in [-0.2, 0) is 0 Å². The zero-order valence-electron chi connectivity index (χ0n) is 13.6. The molecule has 2 aromatic rings. The van der Waals surface area contributed by atoms with Crippen LogP contribution in [0.5, 0.6) is 0 Å². The van der Waals surface area contributed by atoms with E-state index in [-0.39, 0.29) is 0 Å². The molecule has 0 N–H and O–H groups in total. The summed E-state index contributed by atoms with van der Waals surface area (Å²) < 4.78 is 2.02. The number of hydrogen-bond donors (Lipinski definition) is 0. The summed E-state index contributed by atoms with van der Waals surface area (Å²) in [7, 11) is 0. The minimum absolute atomic E-state index is 0.971. The van der Waals surface area contributed by atoms with Crippen molar-refractivity contribution in [3.05, 3.63) is 29.8 Å². The normalized spacial score (nSPS) is 11.0. The summed E-state index contributed by atoms with van der Waals surface area (Å²) >= 11 is 0. The Morgan fingerprint density at radius 3 is 2.48 bits per heavy atom. The number of benzene rings is 1. The predicted molar refractivity (Wildman–Crippen MR) is 90.1 cm³/mol. The lowest BCUT2D eigenvalue weighted by Gasteiger charge is -2.10. The van der Waals surface area contributed by atoms with E-state index in [1.165, 1.54) is 49.8 Å². The molecule has 0 saturated carbocycles. The molecule has 0 aliphatic carbocycles. The van der Waals surface area contributed by atoms with Crippen molar-refractivity contribution in [2.24, 2.45) is 0 Å². The highest BCUT2D eigenvalue weighted by atomic mass is 15.4. The fraction of sp³-hybridized carbons (Fsp3) is 0.556. The highest BCUT2D eigenvalue weighted by Crippen LogP contribution is 2.22. The molecule has 1 heterocycles. The number of nitrogens with zero attached hydrogens (tertiary/aromatic N) is 3. The van der Waals surface area contributed by atoms with Crippen LogP contribution in [0.4, 0.5) is 0 Å². The number of fused-ring (bicyclic) bond motifs is 1. The van der Waals surface area contributed by atoms with Gasteiger partial charge in [0, 0.05) is 5.70 Å². The molecule has 1 aromatic carbocycles. The summed E-state index contributed by atoms with van der Waals surface area (Å²) in [6.07, 6.45) is 9.02. The van der Waals surface area contributed by atoms with Crippen LogP contribution >= 0.6 is 0 Å². The molecule has 0 bridgehead atoms. The van der Waals surface area contributed by atoms with Gasteiger partial charge in [-0.15, -0.1) is 5.10 Å². The summed E-state index contributed by atoms with van der Waals surface area (Å²) in [4.78, 5) is 0. The Bertz CT molecular complexity index is 591. The van der Waals surface area contributed by atoms with E-state index in [0.29, 0.717) is 0 Å². The van der Waals surface area contributed by atoms with E-state index in [2.05, 4.69) is 43.2 Å². The van der Waals surface area contributed by atoms with Crippen molar-refractivity contribution in [1.82, 2.24) is 15.0 Å². The quantitative estimate of drug-likeness (QED) is 0.605. The number of rotatable bonds is 8. The molecule has 0 fully saturated rings. The SMILES string of the molecule is CCCCCCCCC(=C(C)C)n1nnc2ccccc21. The van der Waals surface area contributed by atoms with E-state index in [0.717, 1.165) is 17.5 Å². The molecule has 1 aromatic heterocycles. The smallest absolute Gasteiger partial charge is 0.113 e. The van der Waals surface area contributed by atoms with Crippen molar-refractivity contribution in [3.63, 3.8) is 0 Å². The first-order valence-corrected chi connectivity index (χ1v) is 8.21. The summed E-state index contributed by atoms with van der Waals surface area (Å²) in [5.74, 6) is 0. The van der Waals surface area contributed by atoms with Crippen molar-refractivity contribution in [2.75, 3.05) is 0 Å². The second-order valence-electron chi connectivity index (χ2n) is 5.95. The molecule has 0 aliphatic heterocycles. The maximum absolute atomic E-state index is 4.35. The number of hydrogen-bond acceptors (Lipinski definition) is 2. The first kappa shape index (κ1) is 15.7. The van der Waals surface area contributed by atoms with E-state index in [9.17, 15) is 0 Å². The lowest BCUT2D eigenvalue weighted by molar-refractivity contribution is 0.607. The minimum Gasteiger partial charge on any atom is -0.217 e. The van der Waals surface area contributed by atoms with E-state index in [4.69, 9.17) is 0 Å². The summed E-state index contributed by atoms with van der Waals surface area (Å²) in [6, 6.07) is 8.18. The molecule has 0 amide bonds. The molecule has 0 aliphatic rings. The van der Waals surface area contributed by atoms with Crippen molar-refractivity contribution in [1.29, 1.82) is 0 Å². The van der Waals surface area contributed by atoms with Gasteiger partial charge < -0.3 is 0 Å². The fourth-order valence-corrected chi connectivity index (χ4v) is 2.71. The molecule has 0 radical (unpaired) electrons. The van der Waals surface area contributed by atoms with E-state index >= 15 is 0 Å². The molecule has 0 atom stereocenters. The van der Waals surface area contributed by atoms with Gasteiger partial charge in [0.15, 0.2) is 0 Å². The summed E-state index contributed by atoms with van der Waals surface area (Å²) in [6.45, 7) is 6.60. The standard InChI is InChI=1S/C18H27N3/c1-4-5-6-7-8-9-13-17(15(2)3)21-18-14-11-10-12-16(18)19-20-21/h10-12,14H,4-9,13H2,1-3H3. The Morgan fingerprint density at radius 1 is 1.00 bits per heavy atom. The van der Waals surface area contributed by atoms with Gasteiger partial charge in [-0.1, -0.05) is 61.9 Å². The fourth-order valence-electron chi connectivity index (χ4n) is 2.71. The molecular weight excluding hydrogens is 258 g/mol. The van der Waals surface area contributed by atoms with Gasteiger partial charge in [0.2, 0.25) is 0 Å². The number of allylic oxidation sites excluding steroid dienone is 2. The molecule has 114 valence electrons. The zero-order chi connectivity index (χ0) is 15.1. The topological polar surface area (TPSA) is 30.7 Å². The monoisotopic (exact) mass is 285 g/mol. The van der Waals surface area contributed by atoms with Crippen LogP contribution in [-0.4, -0.2) is 15.0 Å². The number of aromatic nitrogens is 3. The summed E-state index contributed by atoms with van der Waals surface area (Å²) in [5, 5.41) is 8.62. The van der Waals surface area contributed by atoms with Crippen molar-refractivity contribution in [2.45, 2.75) is 65.7 Å². The van der Waals surface area contributed by atoms with Gasteiger partial charge in [0.1, 0.15) is 5.52 Å². The second kappa shape index (κ2) is 7.96. The predicted octanol–water partition coefficient (Wildman–Crippen LogP) is 5.43. The minimum atomic E-state index is 0.971. The van der Waals surface area contributed by atoms with Crippen LogP contribution in [0.3, 0.4) is 0 Å². The molecule has 0 spiro atoms. The first-order valence-electron chi connectivity index (χ1n) is 8.21. The lowest BCUT2D eigenvalue weighted by atomic mass is 10.1. The average molecular weight is 285 g/mol. The van der Waals surface area contributed by atoms with Crippen LogP contribution in [0.25, 0.3) is 16.7 Å². The van der Waals surface area contributed by atoms with E-state index < -0.39 is 0 Å². The van der Waals surface area contributed by atoms with Crippen LogP contribution < -0.4 is 0 Å². The van der Waals surface area contributed by atoms with Crippen molar-refractivity contribution >= 4 is 16.7 Å². The Balaban J connectivity index is 2.02. The zero-order valence-corrected chi connectivity index (χ0v) is 13.6. The van der Waals surface area contributed by atoms with Gasteiger partial charge in [-0.25, -0.2) is 4.68 Å². The van der Waals surface area contributed by atoms with Crippen LogP contribution in [0.1, 0.15) is 65.7 Å². The van der Waals surface area contributed by atoms with Gasteiger partial charge >= 0.3 is 0 Å². The lowest BCUT2D eigenvalue weighted by Crippen LogP contribution is -2.02. The van der Waals surface area contributed by atoms with Crippen LogP contribution in [0.2, 0.25) is 0 Å². The van der Waals surface area contributed by atoms with Gasteiger partial charge in [-0.3, -0.25) is 0 Å². The third-order valence-corrected chi connectivity index (χ3v) is 3.95. The molecule has 3 nitrogen and oxygen atoms in total. The maximum atomic E-state index is 4.35. The number of para-hydroxylation sites is 1. The highest BCUT2D eigenvalue weighted by molar-refractivity contribution is 5.77. The van der Waals surface area contributed by atoms with Crippen molar-refractivity contribution < 1.29 is 0 Å². The van der Waals surface area contributed by atoms with Gasteiger partial charge in [0.25, 0.3) is 0 Å².